The van der Waals surface area contributed by atoms with Gasteiger partial charge < -0.3 is 14.4 Å². The highest BCUT2D eigenvalue weighted by molar-refractivity contribution is 7.17. The summed E-state index contributed by atoms with van der Waals surface area (Å²) in [5.74, 6) is -0.477. The number of hydrogen-bond acceptors (Lipinski definition) is 5. The van der Waals surface area contributed by atoms with Crippen molar-refractivity contribution in [2.45, 2.75) is 13.3 Å². The predicted molar refractivity (Wildman–Crippen MR) is 107 cm³/mol. The number of halogens is 2. The Hall–Kier alpha value is -3.00. The highest BCUT2D eigenvalue weighted by atomic mass is 32.1. The molecule has 0 radical (unpaired) electrons. The third-order valence-corrected chi connectivity index (χ3v) is 6.07. The third kappa shape index (κ3) is 3.33. The number of aromatic nitrogens is 1. The van der Waals surface area contributed by atoms with Crippen LogP contribution >= 0.6 is 11.3 Å². The SMILES string of the molecule is COc1ccc(-c2nc(C)c(C(=O)N3CCc4c(F)cc(F)cc43)s2)cc1OC. The van der Waals surface area contributed by atoms with Crippen LogP contribution in [0.5, 0.6) is 11.5 Å². The van der Waals surface area contributed by atoms with E-state index in [4.69, 9.17) is 9.47 Å². The van der Waals surface area contributed by atoms with Gasteiger partial charge in [-0.05, 0) is 37.6 Å². The van der Waals surface area contributed by atoms with E-state index in [1.165, 1.54) is 22.3 Å². The van der Waals surface area contributed by atoms with Crippen molar-refractivity contribution in [1.29, 1.82) is 0 Å². The van der Waals surface area contributed by atoms with E-state index in [-0.39, 0.29) is 11.6 Å². The van der Waals surface area contributed by atoms with Crippen LogP contribution in [0.15, 0.2) is 30.3 Å². The average Bonchev–Trinajstić information content (AvgIpc) is 3.30. The Morgan fingerprint density at radius 1 is 1.14 bits per heavy atom. The second kappa shape index (κ2) is 7.44. The highest BCUT2D eigenvalue weighted by Crippen LogP contribution is 2.37. The van der Waals surface area contributed by atoms with Gasteiger partial charge in [0.05, 0.1) is 25.6 Å². The number of nitrogens with zero attached hydrogens (tertiary/aromatic N) is 2. The van der Waals surface area contributed by atoms with Gasteiger partial charge in [0, 0.05) is 23.7 Å². The van der Waals surface area contributed by atoms with Crippen LogP contribution in [-0.4, -0.2) is 31.7 Å². The van der Waals surface area contributed by atoms with E-state index in [0.717, 1.165) is 11.6 Å². The Morgan fingerprint density at radius 2 is 1.90 bits per heavy atom. The standard InChI is InChI=1S/C21H18F2N2O3S/c1-11-19(21(26)25-7-6-14-15(23)9-13(22)10-16(14)25)29-20(24-11)12-4-5-17(27-2)18(8-12)28-3/h4-5,8-10H,6-7H2,1-3H3. The van der Waals surface area contributed by atoms with Crippen molar-refractivity contribution in [2.75, 3.05) is 25.7 Å². The maximum atomic E-state index is 14.0. The third-order valence-electron chi connectivity index (χ3n) is 4.88. The van der Waals surface area contributed by atoms with Crippen LogP contribution in [0.4, 0.5) is 14.5 Å². The van der Waals surface area contributed by atoms with Gasteiger partial charge in [0.25, 0.3) is 5.91 Å². The first kappa shape index (κ1) is 19.3. The van der Waals surface area contributed by atoms with Gasteiger partial charge in [0.2, 0.25) is 0 Å². The molecule has 1 aliphatic heterocycles. The maximum Gasteiger partial charge on any atom is 0.270 e. The van der Waals surface area contributed by atoms with Gasteiger partial charge in [-0.2, -0.15) is 0 Å². The van der Waals surface area contributed by atoms with Gasteiger partial charge in [-0.1, -0.05) is 0 Å². The fourth-order valence-electron chi connectivity index (χ4n) is 3.44. The number of aryl methyl sites for hydroxylation is 1. The molecule has 1 amide bonds. The lowest BCUT2D eigenvalue weighted by Gasteiger charge is -2.16. The number of benzene rings is 2. The molecule has 2 heterocycles. The molecule has 0 atom stereocenters. The molecule has 4 rings (SSSR count). The van der Waals surface area contributed by atoms with Crippen LogP contribution in [0.1, 0.15) is 20.9 Å². The molecule has 0 saturated carbocycles. The average molecular weight is 416 g/mol. The number of rotatable bonds is 4. The fourth-order valence-corrected chi connectivity index (χ4v) is 4.45. The molecule has 1 aromatic heterocycles. The monoisotopic (exact) mass is 416 g/mol. The lowest BCUT2D eigenvalue weighted by molar-refractivity contribution is 0.0992. The molecule has 0 saturated heterocycles. The van der Waals surface area contributed by atoms with E-state index in [0.29, 0.717) is 45.6 Å². The molecule has 0 bridgehead atoms. The molecule has 0 N–H and O–H groups in total. The number of hydrogen-bond donors (Lipinski definition) is 0. The Kier molecular flexibility index (Phi) is 4.96. The van der Waals surface area contributed by atoms with Gasteiger partial charge in [0.1, 0.15) is 21.5 Å². The normalized spacial score (nSPS) is 12.8. The zero-order valence-electron chi connectivity index (χ0n) is 16.1. The van der Waals surface area contributed by atoms with E-state index in [1.54, 1.807) is 33.3 Å². The minimum Gasteiger partial charge on any atom is -0.493 e. The Labute approximate surface area is 170 Å². The summed E-state index contributed by atoms with van der Waals surface area (Å²) in [5.41, 5.74) is 2.00. The summed E-state index contributed by atoms with van der Waals surface area (Å²) < 4.78 is 38.3. The molecule has 2 aromatic carbocycles. The van der Waals surface area contributed by atoms with Crippen LogP contribution in [0.25, 0.3) is 10.6 Å². The first-order valence-corrected chi connectivity index (χ1v) is 9.74. The zero-order valence-corrected chi connectivity index (χ0v) is 16.9. The van der Waals surface area contributed by atoms with Crippen LogP contribution in [0.2, 0.25) is 0 Å². The molecule has 0 fully saturated rings. The predicted octanol–water partition coefficient (Wildman–Crippen LogP) is 4.62. The zero-order chi connectivity index (χ0) is 20.7. The lowest BCUT2D eigenvalue weighted by Crippen LogP contribution is -2.28. The van der Waals surface area contributed by atoms with Gasteiger partial charge in [0.15, 0.2) is 11.5 Å². The number of fused-ring (bicyclic) bond motifs is 1. The van der Waals surface area contributed by atoms with Crippen molar-refractivity contribution in [1.82, 2.24) is 4.98 Å². The van der Waals surface area contributed by atoms with Crippen molar-refractivity contribution in [3.63, 3.8) is 0 Å². The molecule has 150 valence electrons. The van der Waals surface area contributed by atoms with Crippen molar-refractivity contribution < 1.29 is 23.0 Å². The van der Waals surface area contributed by atoms with Crippen molar-refractivity contribution >= 4 is 22.9 Å². The summed E-state index contributed by atoms with van der Waals surface area (Å²) >= 11 is 1.24. The molecular formula is C21H18F2N2O3S. The van der Waals surface area contributed by atoms with Crippen LogP contribution in [0, 0.1) is 18.6 Å². The second-order valence-electron chi connectivity index (χ2n) is 6.60. The number of anilines is 1. The first-order chi connectivity index (χ1) is 13.9. The van der Waals surface area contributed by atoms with Crippen LogP contribution < -0.4 is 14.4 Å². The van der Waals surface area contributed by atoms with E-state index >= 15 is 0 Å². The topological polar surface area (TPSA) is 51.7 Å². The van der Waals surface area contributed by atoms with Crippen molar-refractivity contribution in [2.24, 2.45) is 0 Å². The molecule has 0 unspecified atom stereocenters. The smallest absolute Gasteiger partial charge is 0.270 e. The number of methoxy groups -OCH3 is 2. The fraction of sp³-hybridized carbons (Fsp3) is 0.238. The largest absolute Gasteiger partial charge is 0.493 e. The van der Waals surface area contributed by atoms with Crippen LogP contribution in [0.3, 0.4) is 0 Å². The lowest BCUT2D eigenvalue weighted by atomic mass is 10.1. The first-order valence-electron chi connectivity index (χ1n) is 8.92. The summed E-state index contributed by atoms with van der Waals surface area (Å²) in [5, 5.41) is 0.650. The number of carbonyl (C=O) groups excluding carboxylic acids is 1. The molecule has 5 nitrogen and oxygen atoms in total. The second-order valence-corrected chi connectivity index (χ2v) is 7.59. The van der Waals surface area contributed by atoms with Crippen molar-refractivity contribution in [3.05, 3.63) is 58.1 Å². The number of thiazole rings is 1. The minimum absolute atomic E-state index is 0.285. The molecule has 29 heavy (non-hydrogen) atoms. The van der Waals surface area contributed by atoms with E-state index in [1.807, 2.05) is 6.07 Å². The Balaban J connectivity index is 1.69. The van der Waals surface area contributed by atoms with E-state index in [9.17, 15) is 13.6 Å². The van der Waals surface area contributed by atoms with Crippen LogP contribution in [-0.2, 0) is 6.42 Å². The van der Waals surface area contributed by atoms with Gasteiger partial charge in [-0.3, -0.25) is 4.79 Å². The van der Waals surface area contributed by atoms with Gasteiger partial charge >= 0.3 is 0 Å². The molecule has 0 spiro atoms. The Morgan fingerprint density at radius 3 is 2.62 bits per heavy atom. The molecular weight excluding hydrogens is 398 g/mol. The highest BCUT2D eigenvalue weighted by Gasteiger charge is 2.31. The van der Waals surface area contributed by atoms with Gasteiger partial charge in [-0.15, -0.1) is 11.3 Å². The summed E-state index contributed by atoms with van der Waals surface area (Å²) in [4.78, 5) is 19.5. The van der Waals surface area contributed by atoms with E-state index < -0.39 is 11.6 Å². The summed E-state index contributed by atoms with van der Waals surface area (Å²) in [6, 6.07) is 7.45. The maximum absolute atomic E-state index is 14.0. The summed E-state index contributed by atoms with van der Waals surface area (Å²) in [7, 11) is 3.11. The van der Waals surface area contributed by atoms with Crippen molar-refractivity contribution in [3.8, 4) is 22.1 Å². The van der Waals surface area contributed by atoms with E-state index in [2.05, 4.69) is 4.98 Å². The Bertz CT molecular complexity index is 1110. The minimum atomic E-state index is -0.701. The number of ether oxygens (including phenoxy) is 2. The summed E-state index contributed by atoms with van der Waals surface area (Å²) in [6.45, 7) is 2.05. The molecule has 3 aromatic rings. The molecule has 0 aliphatic carbocycles. The number of amides is 1. The molecule has 1 aliphatic rings. The van der Waals surface area contributed by atoms with Gasteiger partial charge in [-0.25, -0.2) is 13.8 Å². The quantitative estimate of drug-likeness (QED) is 0.623. The number of carbonyl (C=O) groups is 1. The molecule has 8 heteroatoms. The summed E-state index contributed by atoms with van der Waals surface area (Å²) in [6.07, 6.45) is 0.355.